The molecule has 1 aliphatic rings. The van der Waals surface area contributed by atoms with Gasteiger partial charge in [0.25, 0.3) is 0 Å². The summed E-state index contributed by atoms with van der Waals surface area (Å²) in [5.74, 6) is -0.706. The van der Waals surface area contributed by atoms with Gasteiger partial charge in [-0.3, -0.25) is 4.79 Å². The van der Waals surface area contributed by atoms with E-state index in [0.717, 1.165) is 19.3 Å². The van der Waals surface area contributed by atoms with Crippen molar-refractivity contribution in [3.63, 3.8) is 0 Å². The van der Waals surface area contributed by atoms with Crippen LogP contribution >= 0.6 is 0 Å². The second-order valence-electron chi connectivity index (χ2n) is 4.84. The fourth-order valence-electron chi connectivity index (χ4n) is 1.38. The zero-order chi connectivity index (χ0) is 10.1. The Kier molecular flexibility index (Phi) is 2.66. The summed E-state index contributed by atoms with van der Waals surface area (Å²) < 4.78 is 5.52. The van der Waals surface area contributed by atoms with E-state index in [0.29, 0.717) is 6.61 Å². The van der Waals surface area contributed by atoms with Crippen LogP contribution in [-0.4, -0.2) is 23.3 Å². The first-order chi connectivity index (χ1) is 5.86. The van der Waals surface area contributed by atoms with Crippen molar-refractivity contribution >= 4 is 5.97 Å². The molecule has 0 heterocycles. The van der Waals surface area contributed by atoms with E-state index >= 15 is 0 Å². The summed E-state index contributed by atoms with van der Waals surface area (Å²) in [7, 11) is 0. The van der Waals surface area contributed by atoms with Crippen molar-refractivity contribution in [3.05, 3.63) is 0 Å². The van der Waals surface area contributed by atoms with E-state index in [1.165, 1.54) is 0 Å². The van der Waals surface area contributed by atoms with Gasteiger partial charge < -0.3 is 9.84 Å². The van der Waals surface area contributed by atoms with Crippen LogP contribution < -0.4 is 0 Å². The van der Waals surface area contributed by atoms with Crippen LogP contribution in [0.5, 0.6) is 0 Å². The maximum atomic E-state index is 10.9. The Balaban J connectivity index is 2.46. The van der Waals surface area contributed by atoms with Crippen molar-refractivity contribution in [3.8, 4) is 0 Å². The molecule has 0 unspecified atom stereocenters. The van der Waals surface area contributed by atoms with Crippen LogP contribution in [0.3, 0.4) is 0 Å². The lowest BCUT2D eigenvalue weighted by molar-refractivity contribution is -0.165. The average Bonchev–Trinajstić information content (AvgIpc) is 1.80. The first-order valence-electron chi connectivity index (χ1n) is 4.73. The summed E-state index contributed by atoms with van der Waals surface area (Å²) in [5.41, 5.74) is -0.814. The van der Waals surface area contributed by atoms with Crippen LogP contribution in [0, 0.1) is 5.41 Å². The molecule has 1 saturated carbocycles. The van der Waals surface area contributed by atoms with E-state index < -0.39 is 11.4 Å². The van der Waals surface area contributed by atoms with Gasteiger partial charge in [-0.15, -0.1) is 0 Å². The summed E-state index contributed by atoms with van der Waals surface area (Å²) in [4.78, 5) is 10.9. The molecule has 1 rings (SSSR count). The minimum Gasteiger partial charge on any atom is -0.481 e. The summed E-state index contributed by atoms with van der Waals surface area (Å²) in [6.07, 6.45) is 2.54. The van der Waals surface area contributed by atoms with Gasteiger partial charge in [0.15, 0.2) is 0 Å². The number of hydrogen-bond acceptors (Lipinski definition) is 2. The predicted octanol–water partition coefficient (Wildman–Crippen LogP) is 2.06. The van der Waals surface area contributed by atoms with Crippen molar-refractivity contribution in [2.45, 2.75) is 45.6 Å². The first-order valence-corrected chi connectivity index (χ1v) is 4.73. The Morgan fingerprint density at radius 2 is 2.00 bits per heavy atom. The number of aliphatic carboxylic acids is 1. The van der Waals surface area contributed by atoms with Crippen molar-refractivity contribution in [2.75, 3.05) is 6.61 Å². The van der Waals surface area contributed by atoms with Gasteiger partial charge in [-0.25, -0.2) is 0 Å². The molecule has 0 bridgehead atoms. The molecule has 0 aromatic rings. The Morgan fingerprint density at radius 3 is 2.23 bits per heavy atom. The predicted molar refractivity (Wildman–Crippen MR) is 49.6 cm³/mol. The molecule has 3 heteroatoms. The van der Waals surface area contributed by atoms with Crippen LogP contribution in [0.4, 0.5) is 0 Å². The monoisotopic (exact) mass is 186 g/mol. The van der Waals surface area contributed by atoms with Gasteiger partial charge in [-0.1, -0.05) is 6.42 Å². The van der Waals surface area contributed by atoms with Crippen molar-refractivity contribution in [1.29, 1.82) is 0 Å². The molecular formula is C10H18O3. The number of hydrogen-bond donors (Lipinski definition) is 1. The molecule has 1 N–H and O–H groups in total. The molecule has 3 nitrogen and oxygen atoms in total. The van der Waals surface area contributed by atoms with Gasteiger partial charge >= 0.3 is 5.97 Å². The van der Waals surface area contributed by atoms with E-state index in [9.17, 15) is 4.79 Å². The molecule has 0 saturated heterocycles. The van der Waals surface area contributed by atoms with Gasteiger partial charge in [0.1, 0.15) is 0 Å². The van der Waals surface area contributed by atoms with Gasteiger partial charge in [0.05, 0.1) is 17.6 Å². The third-order valence-electron chi connectivity index (χ3n) is 2.55. The molecule has 0 aromatic heterocycles. The van der Waals surface area contributed by atoms with Gasteiger partial charge in [0, 0.05) is 0 Å². The third-order valence-corrected chi connectivity index (χ3v) is 2.55. The SMILES string of the molecule is CC(C)(C)OCC1(C(=O)O)CCC1. The zero-order valence-electron chi connectivity index (χ0n) is 8.59. The molecule has 13 heavy (non-hydrogen) atoms. The Hall–Kier alpha value is -0.570. The Bertz CT molecular complexity index is 199. The molecule has 0 aliphatic heterocycles. The van der Waals surface area contributed by atoms with Gasteiger partial charge in [-0.05, 0) is 33.6 Å². The van der Waals surface area contributed by atoms with Crippen molar-refractivity contribution in [1.82, 2.24) is 0 Å². The molecule has 1 aliphatic carbocycles. The third kappa shape index (κ3) is 2.44. The lowest BCUT2D eigenvalue weighted by atomic mass is 9.69. The fraction of sp³-hybridized carbons (Fsp3) is 0.900. The minimum atomic E-state index is -0.706. The topological polar surface area (TPSA) is 46.5 Å². The largest absolute Gasteiger partial charge is 0.481 e. The van der Waals surface area contributed by atoms with E-state index in [-0.39, 0.29) is 5.60 Å². The molecule has 0 spiro atoms. The zero-order valence-corrected chi connectivity index (χ0v) is 8.59. The van der Waals surface area contributed by atoms with Crippen molar-refractivity contribution < 1.29 is 14.6 Å². The number of carboxylic acids is 1. The summed E-state index contributed by atoms with van der Waals surface area (Å²) in [5, 5.41) is 9.00. The molecule has 1 fully saturated rings. The second kappa shape index (κ2) is 3.29. The normalized spacial score (nSPS) is 20.8. The Morgan fingerprint density at radius 1 is 1.46 bits per heavy atom. The van der Waals surface area contributed by atoms with Crippen LogP contribution in [-0.2, 0) is 9.53 Å². The van der Waals surface area contributed by atoms with Crippen LogP contribution in [0.1, 0.15) is 40.0 Å². The van der Waals surface area contributed by atoms with Gasteiger partial charge in [0.2, 0.25) is 0 Å². The minimum absolute atomic E-state index is 0.238. The fourth-order valence-corrected chi connectivity index (χ4v) is 1.38. The number of rotatable bonds is 3. The highest BCUT2D eigenvalue weighted by atomic mass is 16.5. The van der Waals surface area contributed by atoms with Crippen LogP contribution in [0.15, 0.2) is 0 Å². The second-order valence-corrected chi connectivity index (χ2v) is 4.84. The van der Waals surface area contributed by atoms with E-state index in [1.54, 1.807) is 0 Å². The standard InChI is InChI=1S/C10H18O3/c1-9(2,3)13-7-10(8(11)12)5-4-6-10/h4-7H2,1-3H3,(H,11,12). The lowest BCUT2D eigenvalue weighted by Crippen LogP contribution is -2.44. The van der Waals surface area contributed by atoms with E-state index in [1.807, 2.05) is 20.8 Å². The summed E-state index contributed by atoms with van der Waals surface area (Å²) in [6, 6.07) is 0. The number of carbonyl (C=O) groups is 1. The van der Waals surface area contributed by atoms with Gasteiger partial charge in [-0.2, -0.15) is 0 Å². The Labute approximate surface area is 79.1 Å². The maximum absolute atomic E-state index is 10.9. The molecule has 0 amide bonds. The van der Waals surface area contributed by atoms with E-state index in [4.69, 9.17) is 9.84 Å². The lowest BCUT2D eigenvalue weighted by Gasteiger charge is -2.39. The quantitative estimate of drug-likeness (QED) is 0.733. The first kappa shape index (κ1) is 10.5. The summed E-state index contributed by atoms with van der Waals surface area (Å²) in [6.45, 7) is 6.19. The highest BCUT2D eigenvalue weighted by Gasteiger charge is 2.45. The highest BCUT2D eigenvalue weighted by molar-refractivity contribution is 5.75. The summed E-state index contributed by atoms with van der Waals surface area (Å²) >= 11 is 0. The molecular weight excluding hydrogens is 168 g/mol. The van der Waals surface area contributed by atoms with Crippen molar-refractivity contribution in [2.24, 2.45) is 5.41 Å². The van der Waals surface area contributed by atoms with Crippen LogP contribution in [0.25, 0.3) is 0 Å². The molecule has 0 atom stereocenters. The average molecular weight is 186 g/mol. The van der Waals surface area contributed by atoms with E-state index in [2.05, 4.69) is 0 Å². The molecule has 0 aromatic carbocycles. The van der Waals surface area contributed by atoms with Crippen LogP contribution in [0.2, 0.25) is 0 Å². The number of ether oxygens (including phenoxy) is 1. The molecule has 0 radical (unpaired) electrons. The molecule has 76 valence electrons. The maximum Gasteiger partial charge on any atom is 0.311 e. The number of carboxylic acid groups (broad SMARTS) is 1. The smallest absolute Gasteiger partial charge is 0.311 e. The highest BCUT2D eigenvalue weighted by Crippen LogP contribution is 2.42.